The first-order chi connectivity index (χ1) is 7.75. The van der Waals surface area contributed by atoms with Crippen LogP contribution in [0.4, 0.5) is 0 Å². The van der Waals surface area contributed by atoms with Gasteiger partial charge in [0.05, 0.1) is 12.4 Å². The summed E-state index contributed by atoms with van der Waals surface area (Å²) in [6, 6.07) is 6.89. The van der Waals surface area contributed by atoms with Crippen molar-refractivity contribution in [2.45, 2.75) is 6.54 Å². The summed E-state index contributed by atoms with van der Waals surface area (Å²) in [5.74, 6) is 0.0490. The molecule has 0 aliphatic heterocycles. The maximum atomic E-state index is 11.8. The number of ketones is 1. The highest BCUT2D eigenvalue weighted by atomic mass is 35.5. The molecular weight excluding hydrogens is 224 g/mol. The standard InChI is InChI=1S/C12H10ClN2O/c13-11-3-1-10(2-4-11)12(16)9-15-7-5-14-6-8-15/h1-8H,9H2/q+1. The number of nitrogens with zero attached hydrogens (tertiary/aromatic N) is 2. The normalized spacial score (nSPS) is 10.1. The van der Waals surface area contributed by atoms with Crippen molar-refractivity contribution in [3.63, 3.8) is 0 Å². The average molecular weight is 234 g/mol. The Hall–Kier alpha value is -1.74. The molecule has 1 heterocycles. The van der Waals surface area contributed by atoms with Gasteiger partial charge in [0.25, 0.3) is 0 Å². The molecule has 0 unspecified atom stereocenters. The van der Waals surface area contributed by atoms with Crippen LogP contribution in [0, 0.1) is 0 Å². The topological polar surface area (TPSA) is 33.8 Å². The van der Waals surface area contributed by atoms with Gasteiger partial charge in [0.2, 0.25) is 12.3 Å². The first-order valence-electron chi connectivity index (χ1n) is 4.83. The van der Waals surface area contributed by atoms with Crippen molar-refractivity contribution in [2.24, 2.45) is 0 Å². The Morgan fingerprint density at radius 2 is 1.81 bits per heavy atom. The summed E-state index contributed by atoms with van der Waals surface area (Å²) in [4.78, 5) is 15.7. The van der Waals surface area contributed by atoms with Crippen LogP contribution in [0.5, 0.6) is 0 Å². The molecule has 2 aromatic rings. The zero-order valence-corrected chi connectivity index (χ0v) is 9.26. The summed E-state index contributed by atoms with van der Waals surface area (Å²) in [7, 11) is 0. The molecule has 0 bridgehead atoms. The Morgan fingerprint density at radius 3 is 2.44 bits per heavy atom. The third-order valence-corrected chi connectivity index (χ3v) is 2.43. The summed E-state index contributed by atoms with van der Waals surface area (Å²) >= 11 is 5.75. The molecule has 0 saturated heterocycles. The molecule has 4 heteroatoms. The van der Waals surface area contributed by atoms with Crippen LogP contribution in [-0.4, -0.2) is 10.8 Å². The van der Waals surface area contributed by atoms with Gasteiger partial charge in [0.15, 0.2) is 12.4 Å². The number of carbonyl (C=O) groups excluding carboxylic acids is 1. The predicted octanol–water partition coefficient (Wildman–Crippen LogP) is 1.91. The lowest BCUT2D eigenvalue weighted by atomic mass is 10.1. The van der Waals surface area contributed by atoms with E-state index in [0.29, 0.717) is 17.1 Å². The van der Waals surface area contributed by atoms with Gasteiger partial charge >= 0.3 is 0 Å². The van der Waals surface area contributed by atoms with Crippen molar-refractivity contribution >= 4 is 17.4 Å². The van der Waals surface area contributed by atoms with E-state index in [-0.39, 0.29) is 5.78 Å². The molecule has 16 heavy (non-hydrogen) atoms. The van der Waals surface area contributed by atoms with E-state index < -0.39 is 0 Å². The zero-order valence-electron chi connectivity index (χ0n) is 8.51. The molecule has 0 radical (unpaired) electrons. The number of Topliss-reactive ketones (excluding diaryl/α,β-unsaturated/α-hetero) is 1. The lowest BCUT2D eigenvalue weighted by Crippen LogP contribution is -2.37. The highest BCUT2D eigenvalue weighted by Crippen LogP contribution is 2.09. The van der Waals surface area contributed by atoms with E-state index in [4.69, 9.17) is 11.6 Å². The Kier molecular flexibility index (Phi) is 3.27. The van der Waals surface area contributed by atoms with Crippen LogP contribution in [0.3, 0.4) is 0 Å². The first kappa shape index (κ1) is 10.8. The largest absolute Gasteiger partial charge is 0.287 e. The molecule has 0 atom stereocenters. The second-order valence-corrected chi connectivity index (χ2v) is 3.78. The van der Waals surface area contributed by atoms with Gasteiger partial charge in [0.1, 0.15) is 0 Å². The summed E-state index contributed by atoms with van der Waals surface area (Å²) in [6.45, 7) is 0.310. The molecule has 0 saturated carbocycles. The highest BCUT2D eigenvalue weighted by Gasteiger charge is 2.11. The predicted molar refractivity (Wildman–Crippen MR) is 60.2 cm³/mol. The Labute approximate surface area is 98.3 Å². The van der Waals surface area contributed by atoms with Crippen LogP contribution in [0.25, 0.3) is 0 Å². The van der Waals surface area contributed by atoms with Crippen LogP contribution in [0.2, 0.25) is 5.02 Å². The van der Waals surface area contributed by atoms with Gasteiger partial charge in [-0.25, -0.2) is 0 Å². The Bertz CT molecular complexity index is 482. The van der Waals surface area contributed by atoms with Gasteiger partial charge in [-0.1, -0.05) is 11.6 Å². The van der Waals surface area contributed by atoms with Crippen LogP contribution < -0.4 is 4.57 Å². The van der Waals surface area contributed by atoms with Gasteiger partial charge < -0.3 is 0 Å². The van der Waals surface area contributed by atoms with Crippen molar-refractivity contribution < 1.29 is 9.36 Å². The Morgan fingerprint density at radius 1 is 1.19 bits per heavy atom. The zero-order chi connectivity index (χ0) is 11.4. The van der Waals surface area contributed by atoms with E-state index in [1.807, 2.05) is 0 Å². The molecule has 1 aromatic heterocycles. The van der Waals surface area contributed by atoms with Crippen molar-refractivity contribution in [3.05, 3.63) is 59.6 Å². The quantitative estimate of drug-likeness (QED) is 0.600. The fourth-order valence-corrected chi connectivity index (χ4v) is 1.47. The minimum atomic E-state index is 0.0490. The molecule has 0 fully saturated rings. The van der Waals surface area contributed by atoms with E-state index in [2.05, 4.69) is 4.98 Å². The van der Waals surface area contributed by atoms with Crippen LogP contribution in [0.1, 0.15) is 10.4 Å². The molecule has 0 amide bonds. The number of hydrogen-bond donors (Lipinski definition) is 0. The molecular formula is C12H10ClN2O+. The lowest BCUT2D eigenvalue weighted by molar-refractivity contribution is -0.683. The Balaban J connectivity index is 2.12. The SMILES string of the molecule is O=C(C[n+]1ccncc1)c1ccc(Cl)cc1. The van der Waals surface area contributed by atoms with Crippen molar-refractivity contribution in [1.29, 1.82) is 0 Å². The molecule has 80 valence electrons. The van der Waals surface area contributed by atoms with Gasteiger partial charge in [0, 0.05) is 10.6 Å². The number of aromatic nitrogens is 2. The number of benzene rings is 1. The van der Waals surface area contributed by atoms with E-state index in [0.717, 1.165) is 0 Å². The molecule has 3 nitrogen and oxygen atoms in total. The van der Waals surface area contributed by atoms with Gasteiger partial charge in [-0.05, 0) is 24.3 Å². The summed E-state index contributed by atoms with van der Waals surface area (Å²) < 4.78 is 1.78. The number of halogens is 1. The number of carbonyl (C=O) groups is 1. The monoisotopic (exact) mass is 233 g/mol. The maximum Gasteiger partial charge on any atom is 0.227 e. The van der Waals surface area contributed by atoms with Crippen molar-refractivity contribution in [1.82, 2.24) is 4.98 Å². The van der Waals surface area contributed by atoms with E-state index in [9.17, 15) is 4.79 Å². The summed E-state index contributed by atoms with van der Waals surface area (Å²) in [5.41, 5.74) is 0.661. The van der Waals surface area contributed by atoms with E-state index in [1.54, 1.807) is 53.6 Å². The van der Waals surface area contributed by atoms with Crippen molar-refractivity contribution in [2.75, 3.05) is 0 Å². The molecule has 1 aromatic carbocycles. The summed E-state index contributed by atoms with van der Waals surface area (Å²) in [6.07, 6.45) is 6.81. The third-order valence-electron chi connectivity index (χ3n) is 2.18. The van der Waals surface area contributed by atoms with Crippen LogP contribution >= 0.6 is 11.6 Å². The van der Waals surface area contributed by atoms with Gasteiger partial charge in [-0.15, -0.1) is 0 Å². The number of hydrogen-bond acceptors (Lipinski definition) is 2. The smallest absolute Gasteiger partial charge is 0.227 e. The van der Waals surface area contributed by atoms with E-state index >= 15 is 0 Å². The highest BCUT2D eigenvalue weighted by molar-refractivity contribution is 6.30. The second-order valence-electron chi connectivity index (χ2n) is 3.35. The third kappa shape index (κ3) is 2.64. The lowest BCUT2D eigenvalue weighted by Gasteiger charge is -1.97. The first-order valence-corrected chi connectivity index (χ1v) is 5.21. The maximum absolute atomic E-state index is 11.8. The fourth-order valence-electron chi connectivity index (χ4n) is 1.35. The molecule has 0 aliphatic rings. The fraction of sp³-hybridized carbons (Fsp3) is 0.0833. The van der Waals surface area contributed by atoms with Crippen LogP contribution in [0.15, 0.2) is 49.1 Å². The number of rotatable bonds is 3. The van der Waals surface area contributed by atoms with Crippen LogP contribution in [-0.2, 0) is 6.54 Å². The van der Waals surface area contributed by atoms with Gasteiger partial charge in [-0.2, -0.15) is 4.57 Å². The minimum Gasteiger partial charge on any atom is -0.287 e. The second kappa shape index (κ2) is 4.86. The minimum absolute atomic E-state index is 0.0490. The molecule has 2 rings (SSSR count). The van der Waals surface area contributed by atoms with E-state index in [1.165, 1.54) is 0 Å². The van der Waals surface area contributed by atoms with Crippen molar-refractivity contribution in [3.8, 4) is 0 Å². The summed E-state index contributed by atoms with van der Waals surface area (Å²) in [5, 5.41) is 0.633. The molecule has 0 aliphatic carbocycles. The van der Waals surface area contributed by atoms with Gasteiger partial charge in [-0.3, -0.25) is 9.78 Å². The molecule has 0 N–H and O–H groups in total. The molecule has 0 spiro atoms. The average Bonchev–Trinajstić information content (AvgIpc) is 2.31.